The van der Waals surface area contributed by atoms with E-state index in [1.54, 1.807) is 0 Å². The second-order valence-electron chi connectivity index (χ2n) is 7.75. The van der Waals surface area contributed by atoms with Crippen LogP contribution in [-0.2, 0) is 11.3 Å². The SMILES string of the molecule is NC[C@H]1CCC[C@H]1C(=O)NCc1ccc(C(=O)NCCN2CCCC2)cc1. The highest BCUT2D eigenvalue weighted by Gasteiger charge is 2.31. The molecule has 0 bridgehead atoms. The summed E-state index contributed by atoms with van der Waals surface area (Å²) in [7, 11) is 0. The highest BCUT2D eigenvalue weighted by Crippen LogP contribution is 2.30. The Morgan fingerprint density at radius 3 is 2.48 bits per heavy atom. The first-order valence-corrected chi connectivity index (χ1v) is 10.2. The van der Waals surface area contributed by atoms with Crippen LogP contribution < -0.4 is 16.4 Å². The molecule has 1 heterocycles. The molecular formula is C21H32N4O2. The third-order valence-corrected chi connectivity index (χ3v) is 5.89. The minimum absolute atomic E-state index is 0.0403. The average Bonchev–Trinajstić information content (AvgIpc) is 3.38. The van der Waals surface area contributed by atoms with Gasteiger partial charge in [0, 0.05) is 31.1 Å². The van der Waals surface area contributed by atoms with Crippen molar-refractivity contribution in [3.8, 4) is 0 Å². The van der Waals surface area contributed by atoms with Crippen molar-refractivity contribution in [3.05, 3.63) is 35.4 Å². The molecule has 0 unspecified atom stereocenters. The predicted octanol–water partition coefficient (Wildman–Crippen LogP) is 1.50. The smallest absolute Gasteiger partial charge is 0.251 e. The first-order chi connectivity index (χ1) is 13.2. The predicted molar refractivity (Wildman–Crippen MR) is 106 cm³/mol. The fraction of sp³-hybridized carbons (Fsp3) is 0.619. The van der Waals surface area contributed by atoms with E-state index in [0.717, 1.165) is 44.5 Å². The van der Waals surface area contributed by atoms with Crippen LogP contribution in [0.2, 0.25) is 0 Å². The van der Waals surface area contributed by atoms with E-state index in [0.29, 0.717) is 31.1 Å². The summed E-state index contributed by atoms with van der Waals surface area (Å²) in [6.07, 6.45) is 5.60. The molecule has 1 saturated carbocycles. The number of nitrogens with zero attached hydrogens (tertiary/aromatic N) is 1. The number of benzene rings is 1. The number of amides is 2. The van der Waals surface area contributed by atoms with Crippen molar-refractivity contribution in [2.75, 3.05) is 32.7 Å². The molecule has 1 aromatic rings. The minimum atomic E-state index is -0.0403. The Bertz CT molecular complexity index is 626. The van der Waals surface area contributed by atoms with Crippen molar-refractivity contribution in [2.45, 2.75) is 38.6 Å². The largest absolute Gasteiger partial charge is 0.352 e. The van der Waals surface area contributed by atoms with Gasteiger partial charge in [-0.15, -0.1) is 0 Å². The normalized spacial score (nSPS) is 22.7. The van der Waals surface area contributed by atoms with Crippen LogP contribution in [0.25, 0.3) is 0 Å². The maximum absolute atomic E-state index is 12.4. The second-order valence-corrected chi connectivity index (χ2v) is 7.75. The summed E-state index contributed by atoms with van der Waals surface area (Å²) in [5, 5.41) is 6.00. The Morgan fingerprint density at radius 1 is 1.04 bits per heavy atom. The summed E-state index contributed by atoms with van der Waals surface area (Å²) in [5.74, 6) is 0.431. The van der Waals surface area contributed by atoms with Crippen molar-refractivity contribution < 1.29 is 9.59 Å². The number of rotatable bonds is 8. The molecule has 1 aromatic carbocycles. The lowest BCUT2D eigenvalue weighted by atomic mass is 9.95. The number of likely N-dealkylation sites (tertiary alicyclic amines) is 1. The zero-order valence-corrected chi connectivity index (χ0v) is 16.1. The van der Waals surface area contributed by atoms with Crippen molar-refractivity contribution in [3.63, 3.8) is 0 Å². The number of nitrogens with two attached hydrogens (primary N) is 1. The number of hydrogen-bond donors (Lipinski definition) is 3. The Hall–Kier alpha value is -1.92. The van der Waals surface area contributed by atoms with Gasteiger partial charge in [0.05, 0.1) is 0 Å². The zero-order chi connectivity index (χ0) is 19.1. The van der Waals surface area contributed by atoms with Crippen LogP contribution in [0.4, 0.5) is 0 Å². The van der Waals surface area contributed by atoms with Crippen molar-refractivity contribution in [2.24, 2.45) is 17.6 Å². The van der Waals surface area contributed by atoms with Gasteiger partial charge in [-0.1, -0.05) is 18.6 Å². The number of carbonyl (C=O) groups is 2. The van der Waals surface area contributed by atoms with Gasteiger partial charge in [0.1, 0.15) is 0 Å². The molecule has 0 aromatic heterocycles. The maximum Gasteiger partial charge on any atom is 0.251 e. The van der Waals surface area contributed by atoms with E-state index >= 15 is 0 Å². The molecular weight excluding hydrogens is 340 g/mol. The number of hydrogen-bond acceptors (Lipinski definition) is 4. The molecule has 2 amide bonds. The molecule has 6 nitrogen and oxygen atoms in total. The Balaban J connectivity index is 1.41. The highest BCUT2D eigenvalue weighted by atomic mass is 16.2. The summed E-state index contributed by atoms with van der Waals surface area (Å²) in [4.78, 5) is 27.0. The highest BCUT2D eigenvalue weighted by molar-refractivity contribution is 5.94. The molecule has 6 heteroatoms. The Kier molecular flexibility index (Phi) is 7.24. The molecule has 148 valence electrons. The lowest BCUT2D eigenvalue weighted by molar-refractivity contribution is -0.126. The molecule has 0 spiro atoms. The van der Waals surface area contributed by atoms with E-state index in [1.807, 2.05) is 24.3 Å². The molecule has 4 N–H and O–H groups in total. The minimum Gasteiger partial charge on any atom is -0.352 e. The molecule has 1 aliphatic heterocycles. The van der Waals surface area contributed by atoms with Crippen LogP contribution in [0.5, 0.6) is 0 Å². The van der Waals surface area contributed by atoms with E-state index in [-0.39, 0.29) is 17.7 Å². The van der Waals surface area contributed by atoms with Gasteiger partial charge < -0.3 is 21.3 Å². The maximum atomic E-state index is 12.4. The third-order valence-electron chi connectivity index (χ3n) is 5.89. The van der Waals surface area contributed by atoms with Crippen LogP contribution >= 0.6 is 0 Å². The Morgan fingerprint density at radius 2 is 1.78 bits per heavy atom. The average molecular weight is 373 g/mol. The van der Waals surface area contributed by atoms with Gasteiger partial charge >= 0.3 is 0 Å². The quantitative estimate of drug-likeness (QED) is 0.645. The van der Waals surface area contributed by atoms with Crippen molar-refractivity contribution in [1.29, 1.82) is 0 Å². The summed E-state index contributed by atoms with van der Waals surface area (Å²) in [5.41, 5.74) is 7.42. The molecule has 0 radical (unpaired) electrons. The van der Waals surface area contributed by atoms with Gasteiger partial charge in [-0.2, -0.15) is 0 Å². The van der Waals surface area contributed by atoms with Gasteiger partial charge in [-0.25, -0.2) is 0 Å². The molecule has 2 aliphatic rings. The summed E-state index contributed by atoms with van der Waals surface area (Å²) >= 11 is 0. The first kappa shape index (κ1) is 19.8. The topological polar surface area (TPSA) is 87.5 Å². The van der Waals surface area contributed by atoms with E-state index < -0.39 is 0 Å². The second kappa shape index (κ2) is 9.85. The monoisotopic (exact) mass is 372 g/mol. The van der Waals surface area contributed by atoms with E-state index in [1.165, 1.54) is 12.8 Å². The van der Waals surface area contributed by atoms with Crippen LogP contribution in [0.3, 0.4) is 0 Å². The lowest BCUT2D eigenvalue weighted by Gasteiger charge is -2.17. The summed E-state index contributed by atoms with van der Waals surface area (Å²) < 4.78 is 0. The lowest BCUT2D eigenvalue weighted by Crippen LogP contribution is -2.34. The van der Waals surface area contributed by atoms with Crippen LogP contribution in [0.1, 0.15) is 48.0 Å². The van der Waals surface area contributed by atoms with Gasteiger partial charge in [0.15, 0.2) is 0 Å². The summed E-state index contributed by atoms with van der Waals surface area (Å²) in [6, 6.07) is 7.46. The van der Waals surface area contributed by atoms with Crippen molar-refractivity contribution >= 4 is 11.8 Å². The standard InChI is InChI=1S/C21H32N4O2/c22-14-18-4-3-5-19(18)21(27)24-15-16-6-8-17(9-7-16)20(26)23-10-13-25-11-1-2-12-25/h6-9,18-19H,1-5,10-15,22H2,(H,23,26)(H,24,27)/t18-,19-/m1/s1. The van der Waals surface area contributed by atoms with Gasteiger partial charge in [0.25, 0.3) is 5.91 Å². The molecule has 2 atom stereocenters. The van der Waals surface area contributed by atoms with Crippen LogP contribution in [0, 0.1) is 11.8 Å². The van der Waals surface area contributed by atoms with Crippen LogP contribution in [-0.4, -0.2) is 49.4 Å². The zero-order valence-electron chi connectivity index (χ0n) is 16.1. The molecule has 2 fully saturated rings. The molecule has 1 saturated heterocycles. The molecule has 27 heavy (non-hydrogen) atoms. The third kappa shape index (κ3) is 5.53. The molecule has 3 rings (SSSR count). The van der Waals surface area contributed by atoms with Gasteiger partial charge in [-0.3, -0.25) is 9.59 Å². The van der Waals surface area contributed by atoms with Crippen LogP contribution in [0.15, 0.2) is 24.3 Å². The fourth-order valence-corrected chi connectivity index (χ4v) is 4.19. The number of nitrogens with one attached hydrogen (secondary N) is 2. The fourth-order valence-electron chi connectivity index (χ4n) is 4.19. The summed E-state index contributed by atoms with van der Waals surface area (Å²) in [6.45, 7) is 4.95. The van der Waals surface area contributed by atoms with Crippen molar-refractivity contribution in [1.82, 2.24) is 15.5 Å². The number of carbonyl (C=O) groups excluding carboxylic acids is 2. The van der Waals surface area contributed by atoms with Gasteiger partial charge in [-0.05, 0) is 68.9 Å². The molecule has 1 aliphatic carbocycles. The van der Waals surface area contributed by atoms with E-state index in [4.69, 9.17) is 5.73 Å². The Labute approximate surface area is 161 Å². The van der Waals surface area contributed by atoms with Gasteiger partial charge in [0.2, 0.25) is 5.91 Å². The van der Waals surface area contributed by atoms with E-state index in [2.05, 4.69) is 15.5 Å². The first-order valence-electron chi connectivity index (χ1n) is 10.2. The van der Waals surface area contributed by atoms with E-state index in [9.17, 15) is 9.59 Å².